The van der Waals surface area contributed by atoms with Gasteiger partial charge in [-0.1, -0.05) is 6.92 Å². The molecule has 0 fully saturated rings. The van der Waals surface area contributed by atoms with Crippen LogP contribution in [0.2, 0.25) is 0 Å². The quantitative estimate of drug-likeness (QED) is 0.730. The Balaban J connectivity index is 2.77. The molecule has 0 unspecified atom stereocenters. The standard InChI is InChI=1S/C9H13NOS/c1-3-9(11)8-5-4-7(12-2)6-10-8/h4-6,9,11H,3H2,1-2H3/t9-/m0/s1. The molecule has 1 heterocycles. The second-order valence-electron chi connectivity index (χ2n) is 2.55. The summed E-state index contributed by atoms with van der Waals surface area (Å²) in [7, 11) is 0. The smallest absolute Gasteiger partial charge is 0.0957 e. The van der Waals surface area contributed by atoms with Crippen LogP contribution < -0.4 is 0 Å². The summed E-state index contributed by atoms with van der Waals surface area (Å²) < 4.78 is 0. The van der Waals surface area contributed by atoms with E-state index in [0.717, 1.165) is 10.6 Å². The first kappa shape index (κ1) is 9.55. The molecule has 0 aromatic carbocycles. The van der Waals surface area contributed by atoms with E-state index in [1.165, 1.54) is 0 Å². The van der Waals surface area contributed by atoms with Gasteiger partial charge in [-0.05, 0) is 24.8 Å². The first-order valence-corrected chi connectivity index (χ1v) is 5.18. The molecule has 0 saturated carbocycles. The Morgan fingerprint density at radius 1 is 1.58 bits per heavy atom. The average Bonchev–Trinajstić information content (AvgIpc) is 2.17. The number of aliphatic hydroxyl groups excluding tert-OH is 1. The Morgan fingerprint density at radius 2 is 2.33 bits per heavy atom. The lowest BCUT2D eigenvalue weighted by Gasteiger charge is -2.06. The number of aliphatic hydroxyl groups is 1. The highest BCUT2D eigenvalue weighted by Crippen LogP contribution is 2.17. The molecule has 12 heavy (non-hydrogen) atoms. The van der Waals surface area contributed by atoms with Gasteiger partial charge in [0.05, 0.1) is 11.8 Å². The maximum absolute atomic E-state index is 9.42. The van der Waals surface area contributed by atoms with Crippen LogP contribution in [-0.4, -0.2) is 16.3 Å². The lowest BCUT2D eigenvalue weighted by Crippen LogP contribution is -1.97. The minimum absolute atomic E-state index is 0.416. The monoisotopic (exact) mass is 183 g/mol. The highest BCUT2D eigenvalue weighted by molar-refractivity contribution is 7.98. The summed E-state index contributed by atoms with van der Waals surface area (Å²) in [6, 6.07) is 3.85. The number of hydrogen-bond acceptors (Lipinski definition) is 3. The van der Waals surface area contributed by atoms with Crippen molar-refractivity contribution >= 4 is 11.8 Å². The van der Waals surface area contributed by atoms with Crippen molar-refractivity contribution in [2.45, 2.75) is 24.3 Å². The molecular weight excluding hydrogens is 170 g/mol. The maximum atomic E-state index is 9.42. The highest BCUT2D eigenvalue weighted by atomic mass is 32.2. The first-order valence-electron chi connectivity index (χ1n) is 3.96. The van der Waals surface area contributed by atoms with E-state index in [1.807, 2.05) is 25.3 Å². The molecule has 1 atom stereocenters. The van der Waals surface area contributed by atoms with Crippen molar-refractivity contribution in [2.75, 3.05) is 6.26 Å². The number of aromatic nitrogens is 1. The molecule has 0 bridgehead atoms. The minimum atomic E-state index is -0.416. The van der Waals surface area contributed by atoms with Crippen LogP contribution in [-0.2, 0) is 0 Å². The SMILES string of the molecule is CC[C@H](O)c1ccc(SC)cn1. The van der Waals surface area contributed by atoms with Crippen molar-refractivity contribution in [2.24, 2.45) is 0 Å². The van der Waals surface area contributed by atoms with E-state index >= 15 is 0 Å². The van der Waals surface area contributed by atoms with Crippen LogP contribution in [0.15, 0.2) is 23.2 Å². The minimum Gasteiger partial charge on any atom is -0.387 e. The van der Waals surface area contributed by atoms with Gasteiger partial charge >= 0.3 is 0 Å². The van der Waals surface area contributed by atoms with Gasteiger partial charge in [-0.2, -0.15) is 0 Å². The molecule has 0 aliphatic carbocycles. The van der Waals surface area contributed by atoms with Gasteiger partial charge in [-0.15, -0.1) is 11.8 Å². The van der Waals surface area contributed by atoms with E-state index in [9.17, 15) is 5.11 Å². The molecule has 1 N–H and O–H groups in total. The van der Waals surface area contributed by atoms with Crippen LogP contribution in [0.5, 0.6) is 0 Å². The fraction of sp³-hybridized carbons (Fsp3) is 0.444. The van der Waals surface area contributed by atoms with E-state index in [2.05, 4.69) is 4.98 Å². The van der Waals surface area contributed by atoms with Gasteiger partial charge in [0.15, 0.2) is 0 Å². The summed E-state index contributed by atoms with van der Waals surface area (Å²) in [4.78, 5) is 5.28. The summed E-state index contributed by atoms with van der Waals surface area (Å²) in [5.74, 6) is 0. The Morgan fingerprint density at radius 3 is 2.75 bits per heavy atom. The van der Waals surface area contributed by atoms with E-state index in [-0.39, 0.29) is 0 Å². The molecule has 0 amide bonds. The van der Waals surface area contributed by atoms with Crippen LogP contribution >= 0.6 is 11.8 Å². The second-order valence-corrected chi connectivity index (χ2v) is 3.43. The number of pyridine rings is 1. The Bertz CT molecular complexity index is 235. The average molecular weight is 183 g/mol. The van der Waals surface area contributed by atoms with Crippen LogP contribution in [0.4, 0.5) is 0 Å². The molecule has 0 aliphatic heterocycles. The zero-order valence-corrected chi connectivity index (χ0v) is 8.14. The summed E-state index contributed by atoms with van der Waals surface area (Å²) in [5.41, 5.74) is 0.760. The van der Waals surface area contributed by atoms with E-state index in [0.29, 0.717) is 6.42 Å². The van der Waals surface area contributed by atoms with Gasteiger partial charge in [-0.3, -0.25) is 4.98 Å². The molecule has 0 spiro atoms. The van der Waals surface area contributed by atoms with E-state index < -0.39 is 6.10 Å². The zero-order valence-electron chi connectivity index (χ0n) is 7.32. The fourth-order valence-electron chi connectivity index (χ4n) is 0.919. The number of rotatable bonds is 3. The lowest BCUT2D eigenvalue weighted by molar-refractivity contribution is 0.169. The van der Waals surface area contributed by atoms with Gasteiger partial charge in [-0.25, -0.2) is 0 Å². The third-order valence-electron chi connectivity index (χ3n) is 1.72. The predicted octanol–water partition coefficient (Wildman–Crippen LogP) is 2.25. The molecule has 0 saturated heterocycles. The topological polar surface area (TPSA) is 33.1 Å². The van der Waals surface area contributed by atoms with Gasteiger partial charge in [0.2, 0.25) is 0 Å². The van der Waals surface area contributed by atoms with E-state index in [4.69, 9.17) is 0 Å². The molecule has 2 nitrogen and oxygen atoms in total. The molecule has 1 aromatic heterocycles. The van der Waals surface area contributed by atoms with Crippen molar-refractivity contribution in [1.29, 1.82) is 0 Å². The molecule has 0 radical (unpaired) electrons. The maximum Gasteiger partial charge on any atom is 0.0957 e. The van der Waals surface area contributed by atoms with Crippen LogP contribution in [0.25, 0.3) is 0 Å². The summed E-state index contributed by atoms with van der Waals surface area (Å²) >= 11 is 1.65. The first-order chi connectivity index (χ1) is 5.77. The van der Waals surface area contributed by atoms with Gasteiger partial charge in [0.25, 0.3) is 0 Å². The summed E-state index contributed by atoms with van der Waals surface area (Å²) in [6.07, 6.45) is 4.10. The van der Waals surface area contributed by atoms with Gasteiger partial charge < -0.3 is 5.11 Å². The summed E-state index contributed by atoms with van der Waals surface area (Å²) in [5, 5.41) is 9.42. The number of thioether (sulfide) groups is 1. The van der Waals surface area contributed by atoms with Crippen molar-refractivity contribution < 1.29 is 5.11 Å². The normalized spacial score (nSPS) is 12.9. The highest BCUT2D eigenvalue weighted by Gasteiger charge is 2.04. The van der Waals surface area contributed by atoms with E-state index in [1.54, 1.807) is 18.0 Å². The molecular formula is C9H13NOS. The number of hydrogen-bond donors (Lipinski definition) is 1. The van der Waals surface area contributed by atoms with Crippen LogP contribution in [0, 0.1) is 0 Å². The van der Waals surface area contributed by atoms with Crippen molar-refractivity contribution in [1.82, 2.24) is 4.98 Å². The molecule has 0 aliphatic rings. The van der Waals surface area contributed by atoms with Crippen LogP contribution in [0.1, 0.15) is 25.1 Å². The van der Waals surface area contributed by atoms with Crippen molar-refractivity contribution in [3.63, 3.8) is 0 Å². The summed E-state index contributed by atoms with van der Waals surface area (Å²) in [6.45, 7) is 1.94. The molecule has 66 valence electrons. The molecule has 1 rings (SSSR count). The lowest BCUT2D eigenvalue weighted by atomic mass is 10.2. The predicted molar refractivity (Wildman–Crippen MR) is 51.3 cm³/mol. The van der Waals surface area contributed by atoms with Crippen molar-refractivity contribution in [3.8, 4) is 0 Å². The number of nitrogens with zero attached hydrogens (tertiary/aromatic N) is 1. The van der Waals surface area contributed by atoms with Crippen molar-refractivity contribution in [3.05, 3.63) is 24.0 Å². The van der Waals surface area contributed by atoms with Gasteiger partial charge in [0.1, 0.15) is 0 Å². The fourth-order valence-corrected chi connectivity index (χ4v) is 1.28. The Kier molecular flexibility index (Phi) is 3.56. The zero-order chi connectivity index (χ0) is 8.97. The largest absolute Gasteiger partial charge is 0.387 e. The molecule has 3 heteroatoms. The second kappa shape index (κ2) is 4.48. The Hall–Kier alpha value is -0.540. The Labute approximate surface area is 77.0 Å². The van der Waals surface area contributed by atoms with Gasteiger partial charge in [0, 0.05) is 11.1 Å². The molecule has 1 aromatic rings. The third kappa shape index (κ3) is 2.22. The van der Waals surface area contributed by atoms with Crippen LogP contribution in [0.3, 0.4) is 0 Å². The third-order valence-corrected chi connectivity index (χ3v) is 2.44.